The van der Waals surface area contributed by atoms with E-state index in [1.54, 1.807) is 26.5 Å². The molecule has 0 saturated heterocycles. The summed E-state index contributed by atoms with van der Waals surface area (Å²) in [6, 6.07) is 7.25. The number of methoxy groups -OCH3 is 1. The van der Waals surface area contributed by atoms with E-state index >= 15 is 0 Å². The Balaban J connectivity index is 0. The van der Waals surface area contributed by atoms with Crippen LogP contribution in [0.2, 0.25) is 0 Å². The number of phenols is 1. The summed E-state index contributed by atoms with van der Waals surface area (Å²) in [5.74, 6) is 0.368. The summed E-state index contributed by atoms with van der Waals surface area (Å²) in [4.78, 5) is 0. The van der Waals surface area contributed by atoms with Crippen LogP contribution >= 0.6 is 12.0 Å². The van der Waals surface area contributed by atoms with Crippen LogP contribution in [0.1, 0.15) is 5.56 Å². The van der Waals surface area contributed by atoms with E-state index in [0.717, 1.165) is 17.6 Å². The first-order valence-corrected chi connectivity index (χ1v) is 5.14. The fourth-order valence-corrected chi connectivity index (χ4v) is 0.563. The molecule has 0 saturated carbocycles. The molecular formula is C10H18O3S. The minimum Gasteiger partial charge on any atom is -0.508 e. The van der Waals surface area contributed by atoms with Gasteiger partial charge in [0.1, 0.15) is 5.75 Å². The van der Waals surface area contributed by atoms with Crippen LogP contribution in [0.4, 0.5) is 0 Å². The lowest BCUT2D eigenvalue weighted by molar-refractivity contribution is 0.277. The molecule has 0 radical (unpaired) electrons. The molecule has 0 aromatic heterocycles. The van der Waals surface area contributed by atoms with Gasteiger partial charge in [-0.05, 0) is 30.6 Å². The van der Waals surface area contributed by atoms with Gasteiger partial charge in [-0.3, -0.25) is 0 Å². The summed E-state index contributed by atoms with van der Waals surface area (Å²) >= 11 is 0.750. The molecular weight excluding hydrogens is 200 g/mol. The number of aryl methyl sites for hydroxylation is 1. The van der Waals surface area contributed by atoms with Gasteiger partial charge in [-0.2, -0.15) is 0 Å². The average molecular weight is 218 g/mol. The fraction of sp³-hybridized carbons (Fsp3) is 0.400. The second kappa shape index (κ2) is 12.3. The molecule has 1 aromatic carbocycles. The molecule has 0 aliphatic heterocycles. The normalized spacial score (nSPS) is 7.79. The van der Waals surface area contributed by atoms with E-state index in [4.69, 9.17) is 9.66 Å². The Morgan fingerprint density at radius 3 is 1.79 bits per heavy atom. The first-order valence-electron chi connectivity index (χ1n) is 3.96. The molecule has 0 fully saturated rings. The molecule has 0 aliphatic carbocycles. The Morgan fingerprint density at radius 2 is 1.57 bits per heavy atom. The quantitative estimate of drug-likeness (QED) is 0.657. The minimum atomic E-state index is 0.368. The zero-order valence-electron chi connectivity index (χ0n) is 9.02. The van der Waals surface area contributed by atoms with Gasteiger partial charge < -0.3 is 14.4 Å². The van der Waals surface area contributed by atoms with Crippen molar-refractivity contribution in [2.24, 2.45) is 0 Å². The van der Waals surface area contributed by atoms with Gasteiger partial charge in [0.2, 0.25) is 0 Å². The summed E-state index contributed by atoms with van der Waals surface area (Å²) in [5, 5.41) is 8.92. The Kier molecular flexibility index (Phi) is 13.8. The van der Waals surface area contributed by atoms with Gasteiger partial charge in [0, 0.05) is 20.5 Å². The maximum absolute atomic E-state index is 8.92. The zero-order valence-corrected chi connectivity index (χ0v) is 9.84. The highest BCUT2D eigenvalue weighted by molar-refractivity contribution is 7.93. The smallest absolute Gasteiger partial charge is 0.118 e. The Morgan fingerprint density at radius 1 is 1.21 bits per heavy atom. The molecule has 0 heterocycles. The largest absolute Gasteiger partial charge is 0.508 e. The van der Waals surface area contributed by atoms with E-state index in [1.165, 1.54) is 0 Å². The van der Waals surface area contributed by atoms with Gasteiger partial charge >= 0.3 is 0 Å². The van der Waals surface area contributed by atoms with Crippen molar-refractivity contribution in [1.29, 1.82) is 0 Å². The van der Waals surface area contributed by atoms with Gasteiger partial charge in [0.05, 0.1) is 0 Å². The van der Waals surface area contributed by atoms with Crippen molar-refractivity contribution in [3.63, 3.8) is 0 Å². The lowest BCUT2D eigenvalue weighted by Crippen LogP contribution is -1.68. The molecule has 82 valence electrons. The van der Waals surface area contributed by atoms with Crippen molar-refractivity contribution < 1.29 is 14.4 Å². The van der Waals surface area contributed by atoms with Crippen molar-refractivity contribution in [2.45, 2.75) is 6.92 Å². The van der Waals surface area contributed by atoms with Gasteiger partial charge in [-0.25, -0.2) is 0 Å². The third kappa shape index (κ3) is 11.3. The van der Waals surface area contributed by atoms with Crippen molar-refractivity contribution >= 4 is 12.0 Å². The van der Waals surface area contributed by atoms with Crippen LogP contribution < -0.4 is 0 Å². The third-order valence-electron chi connectivity index (χ3n) is 1.12. The predicted molar refractivity (Wildman–Crippen MR) is 61.9 cm³/mol. The molecule has 14 heavy (non-hydrogen) atoms. The Labute approximate surface area is 89.9 Å². The van der Waals surface area contributed by atoms with Crippen molar-refractivity contribution in [1.82, 2.24) is 0 Å². The Bertz CT molecular complexity index is 193. The van der Waals surface area contributed by atoms with Crippen LogP contribution in [0, 0.1) is 6.92 Å². The minimum absolute atomic E-state index is 0.368. The predicted octanol–water partition coefficient (Wildman–Crippen LogP) is 2.79. The van der Waals surface area contributed by atoms with Gasteiger partial charge in [-0.1, -0.05) is 18.2 Å². The summed E-state index contributed by atoms with van der Waals surface area (Å²) in [5.41, 5.74) is 0.924. The van der Waals surface area contributed by atoms with Gasteiger partial charge in [0.15, 0.2) is 0 Å². The second-order valence-corrected chi connectivity index (χ2v) is 2.74. The number of rotatable bonds is 0. The first-order chi connectivity index (χ1) is 6.63. The van der Waals surface area contributed by atoms with Crippen LogP contribution in [-0.2, 0) is 4.74 Å². The van der Waals surface area contributed by atoms with E-state index in [9.17, 15) is 0 Å². The number of hydrogen-bond acceptors (Lipinski definition) is 4. The monoisotopic (exact) mass is 218 g/mol. The van der Waals surface area contributed by atoms with Crippen LogP contribution in [0.25, 0.3) is 0 Å². The molecule has 0 bridgehead atoms. The van der Waals surface area contributed by atoms with E-state index in [0.29, 0.717) is 5.75 Å². The highest BCUT2D eigenvalue weighted by Gasteiger charge is 1.86. The summed E-state index contributed by atoms with van der Waals surface area (Å²) in [7, 11) is 3.25. The number of phenolic OH excluding ortho intramolecular Hbond substituents is 1. The lowest BCUT2D eigenvalue weighted by Gasteiger charge is -1.92. The number of para-hydroxylation sites is 1. The summed E-state index contributed by atoms with van der Waals surface area (Å²) in [6.45, 7) is 1.87. The molecule has 0 unspecified atom stereocenters. The fourth-order valence-electron chi connectivity index (χ4n) is 0.563. The SMILES string of the molecule is COC.CSO.Cc1ccccc1O. The zero-order chi connectivity index (χ0) is 11.4. The molecule has 1 rings (SSSR count). The standard InChI is InChI=1S/C7H8O.C2H6O.CH4OS/c1-6-4-2-3-5-7(6)8;2*1-3-2/h2-5,8H,1H3;1-2H3;2H,1H3. The topological polar surface area (TPSA) is 49.7 Å². The molecule has 0 spiro atoms. The maximum atomic E-state index is 8.92. The van der Waals surface area contributed by atoms with E-state index in [-0.39, 0.29) is 0 Å². The first kappa shape index (κ1) is 15.7. The van der Waals surface area contributed by atoms with Crippen LogP contribution in [0.15, 0.2) is 24.3 Å². The van der Waals surface area contributed by atoms with Crippen molar-refractivity contribution in [2.75, 3.05) is 20.5 Å². The number of aromatic hydroxyl groups is 1. The van der Waals surface area contributed by atoms with E-state index in [1.807, 2.05) is 25.1 Å². The van der Waals surface area contributed by atoms with E-state index in [2.05, 4.69) is 4.74 Å². The highest BCUT2D eigenvalue weighted by Crippen LogP contribution is 2.12. The summed E-state index contributed by atoms with van der Waals surface area (Å²) in [6.07, 6.45) is 1.60. The highest BCUT2D eigenvalue weighted by atomic mass is 32.2. The number of ether oxygens (including phenoxy) is 1. The van der Waals surface area contributed by atoms with Crippen molar-refractivity contribution in [3.8, 4) is 5.75 Å². The third-order valence-corrected chi connectivity index (χ3v) is 1.12. The Hall–Kier alpha value is -0.710. The van der Waals surface area contributed by atoms with Crippen molar-refractivity contribution in [3.05, 3.63) is 29.8 Å². The molecule has 0 amide bonds. The van der Waals surface area contributed by atoms with Crippen LogP contribution in [0.5, 0.6) is 5.75 Å². The molecule has 3 nitrogen and oxygen atoms in total. The molecule has 0 atom stereocenters. The number of hydrogen-bond donors (Lipinski definition) is 2. The van der Waals surface area contributed by atoms with Gasteiger partial charge in [0.25, 0.3) is 0 Å². The summed E-state index contributed by atoms with van der Waals surface area (Å²) < 4.78 is 11.7. The van der Waals surface area contributed by atoms with E-state index < -0.39 is 0 Å². The average Bonchev–Trinajstić information content (AvgIpc) is 2.13. The number of benzene rings is 1. The lowest BCUT2D eigenvalue weighted by atomic mass is 10.2. The maximum Gasteiger partial charge on any atom is 0.118 e. The molecule has 2 N–H and O–H groups in total. The van der Waals surface area contributed by atoms with Gasteiger partial charge in [-0.15, -0.1) is 0 Å². The molecule has 0 aliphatic rings. The molecule has 4 heteroatoms. The second-order valence-electron chi connectivity index (χ2n) is 2.38. The van der Waals surface area contributed by atoms with Crippen LogP contribution in [-0.4, -0.2) is 30.1 Å². The molecule has 1 aromatic rings. The van der Waals surface area contributed by atoms with Crippen LogP contribution in [0.3, 0.4) is 0 Å².